The molecule has 0 saturated carbocycles. The van der Waals surface area contributed by atoms with Gasteiger partial charge in [-0.3, -0.25) is 9.88 Å². The third kappa shape index (κ3) is 3.64. The predicted octanol–water partition coefficient (Wildman–Crippen LogP) is 4.23. The summed E-state index contributed by atoms with van der Waals surface area (Å²) in [4.78, 5) is 27.3. The minimum absolute atomic E-state index is 0.107. The van der Waals surface area contributed by atoms with Crippen molar-refractivity contribution in [1.29, 1.82) is 0 Å². The maximum absolute atomic E-state index is 13.3. The normalized spacial score (nSPS) is 23.0. The number of aromatic nitrogens is 2. The third-order valence-electron chi connectivity index (χ3n) is 6.24. The number of piperidine rings is 1. The fourth-order valence-electron chi connectivity index (χ4n) is 4.75. The number of nitrogens with one attached hydrogen (secondary N) is 1. The topological polar surface area (TPSA) is 64.6 Å². The summed E-state index contributed by atoms with van der Waals surface area (Å²) in [7, 11) is 0. The summed E-state index contributed by atoms with van der Waals surface area (Å²) in [6.07, 6.45) is 1.21. The minimum atomic E-state index is -4.21. The number of hydrogen-bond donors (Lipinski definition) is 1. The highest BCUT2D eigenvalue weighted by atomic mass is 19.4. The second kappa shape index (κ2) is 7.58. The van der Waals surface area contributed by atoms with Gasteiger partial charge in [0.1, 0.15) is 12.0 Å². The molecule has 0 aromatic carbocycles. The lowest BCUT2D eigenvalue weighted by atomic mass is 9.97. The molecular weight excluding hydrogens is 409 g/mol. The molecule has 2 aromatic rings. The van der Waals surface area contributed by atoms with Crippen molar-refractivity contribution in [3.63, 3.8) is 0 Å². The van der Waals surface area contributed by atoms with Crippen LogP contribution in [0.4, 0.5) is 41.0 Å². The lowest BCUT2D eigenvalue weighted by Gasteiger charge is -2.34. The largest absolute Gasteiger partial charge is 0.393 e. The van der Waals surface area contributed by atoms with Gasteiger partial charge in [-0.2, -0.15) is 13.2 Å². The van der Waals surface area contributed by atoms with E-state index in [9.17, 15) is 18.0 Å². The fourth-order valence-corrected chi connectivity index (χ4v) is 4.75. The molecule has 2 saturated heterocycles. The van der Waals surface area contributed by atoms with Gasteiger partial charge in [-0.05, 0) is 49.9 Å². The number of carbonyl (C=O) groups excluding carboxylic acids is 1. The van der Waals surface area contributed by atoms with E-state index < -0.39 is 12.1 Å². The molecule has 0 radical (unpaired) electrons. The zero-order valence-electron chi connectivity index (χ0n) is 16.8. The number of fused-ring (bicyclic) bond motifs is 3. The number of anilines is 4. The van der Waals surface area contributed by atoms with Crippen LogP contribution in [-0.2, 0) is 0 Å². The van der Waals surface area contributed by atoms with E-state index in [0.29, 0.717) is 30.3 Å². The van der Waals surface area contributed by atoms with Crippen LogP contribution >= 0.6 is 0 Å². The number of halogens is 3. The lowest BCUT2D eigenvalue weighted by molar-refractivity contribution is -0.176. The first-order valence-corrected chi connectivity index (χ1v) is 10.5. The molecule has 5 heterocycles. The van der Waals surface area contributed by atoms with Crippen molar-refractivity contribution in [3.05, 3.63) is 36.7 Å². The van der Waals surface area contributed by atoms with Crippen molar-refractivity contribution in [3.8, 4) is 0 Å². The third-order valence-corrected chi connectivity index (χ3v) is 6.24. The Hall–Kier alpha value is -3.04. The van der Waals surface area contributed by atoms with E-state index in [1.165, 1.54) is 0 Å². The highest BCUT2D eigenvalue weighted by Crippen LogP contribution is 2.44. The standard InChI is InChI=1S/C21H23F3N6O/c22-21(23,24)14-4-2-10-28(13-14)17-8-7-16-19(27-17)30(18-6-3-11-29(16)18)20(31)26-15-5-1-9-25-12-15/h1,5,7-9,12,14,18H,2-4,6,10-11,13H2,(H,26,31)/t14?,18-/m1/s1. The zero-order chi connectivity index (χ0) is 21.6. The quantitative estimate of drug-likeness (QED) is 0.769. The summed E-state index contributed by atoms with van der Waals surface area (Å²) < 4.78 is 39.8. The molecule has 1 unspecified atom stereocenters. The highest BCUT2D eigenvalue weighted by molar-refractivity contribution is 6.05. The maximum Gasteiger partial charge on any atom is 0.393 e. The Morgan fingerprint density at radius 1 is 1.13 bits per heavy atom. The van der Waals surface area contributed by atoms with Crippen molar-refractivity contribution in [2.24, 2.45) is 5.92 Å². The van der Waals surface area contributed by atoms with Crippen molar-refractivity contribution >= 4 is 29.0 Å². The van der Waals surface area contributed by atoms with Crippen LogP contribution in [0.5, 0.6) is 0 Å². The fraction of sp³-hybridized carbons (Fsp3) is 0.476. The monoisotopic (exact) mass is 432 g/mol. The van der Waals surface area contributed by atoms with E-state index in [1.807, 2.05) is 6.07 Å². The van der Waals surface area contributed by atoms with Crippen LogP contribution in [0.25, 0.3) is 0 Å². The van der Waals surface area contributed by atoms with Gasteiger partial charge in [0.05, 0.1) is 23.5 Å². The molecule has 1 N–H and O–H groups in total. The molecule has 0 bridgehead atoms. The van der Waals surface area contributed by atoms with Gasteiger partial charge < -0.3 is 15.1 Å². The average molecular weight is 432 g/mol. The van der Waals surface area contributed by atoms with Gasteiger partial charge in [-0.15, -0.1) is 0 Å². The van der Waals surface area contributed by atoms with E-state index >= 15 is 0 Å². The minimum Gasteiger partial charge on any atom is -0.356 e. The van der Waals surface area contributed by atoms with Crippen LogP contribution in [0.3, 0.4) is 0 Å². The summed E-state index contributed by atoms with van der Waals surface area (Å²) in [5, 5.41) is 2.86. The number of carbonyl (C=O) groups is 1. The SMILES string of the molecule is O=C(Nc1cccnc1)N1c2nc(N3CCCC(C(F)(F)F)C3)ccc2N2CCC[C@H]21. The summed E-state index contributed by atoms with van der Waals surface area (Å²) in [6.45, 7) is 1.23. The molecule has 3 aliphatic heterocycles. The lowest BCUT2D eigenvalue weighted by Crippen LogP contribution is -2.45. The summed E-state index contributed by atoms with van der Waals surface area (Å²) in [6, 6.07) is 6.82. The van der Waals surface area contributed by atoms with Gasteiger partial charge in [-0.1, -0.05) is 0 Å². The summed E-state index contributed by atoms with van der Waals surface area (Å²) >= 11 is 0. The molecule has 2 fully saturated rings. The Balaban J connectivity index is 1.44. The number of alkyl halides is 3. The predicted molar refractivity (Wildman–Crippen MR) is 111 cm³/mol. The van der Waals surface area contributed by atoms with Crippen LogP contribution in [0.1, 0.15) is 25.7 Å². The summed E-state index contributed by atoms with van der Waals surface area (Å²) in [5.41, 5.74) is 1.42. The molecule has 164 valence electrons. The molecule has 5 rings (SSSR count). The van der Waals surface area contributed by atoms with E-state index in [4.69, 9.17) is 0 Å². The Bertz CT molecular complexity index is 969. The highest BCUT2D eigenvalue weighted by Gasteiger charge is 2.45. The molecule has 2 aromatic heterocycles. The van der Waals surface area contributed by atoms with Crippen molar-refractivity contribution in [1.82, 2.24) is 9.97 Å². The molecule has 0 spiro atoms. The zero-order valence-corrected chi connectivity index (χ0v) is 16.8. The van der Waals surface area contributed by atoms with Crippen LogP contribution in [0, 0.1) is 5.92 Å². The Morgan fingerprint density at radius 2 is 1.97 bits per heavy atom. The second-order valence-electron chi connectivity index (χ2n) is 8.20. The smallest absolute Gasteiger partial charge is 0.356 e. The van der Waals surface area contributed by atoms with E-state index in [-0.39, 0.29) is 25.2 Å². The Labute approximate surface area is 177 Å². The Morgan fingerprint density at radius 3 is 2.74 bits per heavy atom. The van der Waals surface area contributed by atoms with Crippen molar-refractivity contribution in [2.75, 3.05) is 39.7 Å². The molecule has 31 heavy (non-hydrogen) atoms. The summed E-state index contributed by atoms with van der Waals surface area (Å²) in [5.74, 6) is -0.379. The molecule has 2 atom stereocenters. The number of nitrogens with zero attached hydrogens (tertiary/aromatic N) is 5. The second-order valence-corrected chi connectivity index (χ2v) is 8.20. The molecule has 10 heteroatoms. The number of urea groups is 1. The van der Waals surface area contributed by atoms with Crippen LogP contribution in [0.15, 0.2) is 36.7 Å². The molecule has 7 nitrogen and oxygen atoms in total. The number of amides is 2. The van der Waals surface area contributed by atoms with Crippen molar-refractivity contribution < 1.29 is 18.0 Å². The Kier molecular flexibility index (Phi) is 4.86. The van der Waals surface area contributed by atoms with Crippen LogP contribution < -0.4 is 20.0 Å². The van der Waals surface area contributed by atoms with Gasteiger partial charge in [0.15, 0.2) is 5.82 Å². The molecule has 2 amide bonds. The molecule has 0 aliphatic carbocycles. The van der Waals surface area contributed by atoms with Gasteiger partial charge in [0.25, 0.3) is 0 Å². The average Bonchev–Trinajstić information content (AvgIpc) is 3.34. The van der Waals surface area contributed by atoms with E-state index in [1.54, 1.807) is 40.4 Å². The first-order valence-electron chi connectivity index (χ1n) is 10.5. The first-order chi connectivity index (χ1) is 14.9. The first kappa shape index (κ1) is 19.9. The van der Waals surface area contributed by atoms with E-state index in [0.717, 1.165) is 25.1 Å². The maximum atomic E-state index is 13.3. The van der Waals surface area contributed by atoms with Crippen LogP contribution in [-0.4, -0.2) is 48.0 Å². The van der Waals surface area contributed by atoms with E-state index in [2.05, 4.69) is 20.2 Å². The van der Waals surface area contributed by atoms with Crippen molar-refractivity contribution in [2.45, 2.75) is 38.0 Å². The van der Waals surface area contributed by atoms with Gasteiger partial charge in [0, 0.05) is 25.8 Å². The van der Waals surface area contributed by atoms with Crippen LogP contribution in [0.2, 0.25) is 0 Å². The molecular formula is C21H23F3N6O. The number of pyridine rings is 2. The molecule has 3 aliphatic rings. The van der Waals surface area contributed by atoms with Gasteiger partial charge >= 0.3 is 12.2 Å². The number of rotatable bonds is 2. The number of hydrogen-bond acceptors (Lipinski definition) is 5. The van der Waals surface area contributed by atoms with Gasteiger partial charge in [-0.25, -0.2) is 9.78 Å². The van der Waals surface area contributed by atoms with Gasteiger partial charge in [0.2, 0.25) is 0 Å².